The van der Waals surface area contributed by atoms with Gasteiger partial charge in [0.1, 0.15) is 5.82 Å². The van der Waals surface area contributed by atoms with E-state index in [1.54, 1.807) is 18.2 Å². The molecule has 1 atom stereocenters. The van der Waals surface area contributed by atoms with Gasteiger partial charge in [-0.25, -0.2) is 9.82 Å². The molecule has 0 heterocycles. The number of halogens is 3. The molecule has 19 heavy (non-hydrogen) atoms. The Labute approximate surface area is 128 Å². The van der Waals surface area contributed by atoms with Crippen molar-refractivity contribution < 1.29 is 4.39 Å². The maximum absolute atomic E-state index is 14.2. The first-order valence-corrected chi connectivity index (χ1v) is 7.29. The number of hydrogen-bond acceptors (Lipinski definition) is 2. The molecule has 0 aliphatic rings. The van der Waals surface area contributed by atoms with Crippen LogP contribution in [0.3, 0.4) is 0 Å². The molecule has 2 aromatic rings. The Balaban J connectivity index is 2.56. The maximum atomic E-state index is 14.2. The molecule has 2 aromatic carbocycles. The molecule has 0 radical (unpaired) electrons. The predicted molar refractivity (Wildman–Crippen MR) is 82.1 cm³/mol. The Morgan fingerprint density at radius 2 is 1.84 bits per heavy atom. The summed E-state index contributed by atoms with van der Waals surface area (Å²) in [6, 6.07) is 10.7. The van der Waals surface area contributed by atoms with Gasteiger partial charge in [0.2, 0.25) is 0 Å². The van der Waals surface area contributed by atoms with Gasteiger partial charge in [-0.1, -0.05) is 45.8 Å². The fourth-order valence-corrected chi connectivity index (χ4v) is 2.83. The van der Waals surface area contributed by atoms with Gasteiger partial charge in [-0.3, -0.25) is 5.84 Å². The number of aryl methyl sites for hydroxylation is 1. The molecule has 0 aliphatic carbocycles. The van der Waals surface area contributed by atoms with E-state index in [2.05, 4.69) is 37.3 Å². The van der Waals surface area contributed by atoms with Crippen LogP contribution in [0.2, 0.25) is 0 Å². The summed E-state index contributed by atoms with van der Waals surface area (Å²) < 4.78 is 15.5. The van der Waals surface area contributed by atoms with Crippen molar-refractivity contribution in [1.29, 1.82) is 0 Å². The van der Waals surface area contributed by atoms with Crippen LogP contribution in [0.1, 0.15) is 22.7 Å². The summed E-state index contributed by atoms with van der Waals surface area (Å²) in [5, 5.41) is 0. The van der Waals surface area contributed by atoms with Crippen LogP contribution in [0.25, 0.3) is 0 Å². The Morgan fingerprint density at radius 3 is 2.53 bits per heavy atom. The molecule has 2 rings (SSSR count). The van der Waals surface area contributed by atoms with E-state index in [9.17, 15) is 4.39 Å². The zero-order valence-corrected chi connectivity index (χ0v) is 13.4. The first kappa shape index (κ1) is 14.7. The van der Waals surface area contributed by atoms with Crippen molar-refractivity contribution in [1.82, 2.24) is 5.43 Å². The van der Waals surface area contributed by atoms with Crippen molar-refractivity contribution in [3.8, 4) is 0 Å². The number of hydrazine groups is 1. The van der Waals surface area contributed by atoms with E-state index in [1.807, 2.05) is 25.1 Å². The first-order valence-electron chi connectivity index (χ1n) is 5.70. The van der Waals surface area contributed by atoms with Crippen molar-refractivity contribution in [2.24, 2.45) is 5.84 Å². The highest BCUT2D eigenvalue weighted by Gasteiger charge is 2.20. The third-order valence-corrected chi connectivity index (χ3v) is 4.26. The Morgan fingerprint density at radius 1 is 1.11 bits per heavy atom. The molecule has 1 unspecified atom stereocenters. The highest BCUT2D eigenvalue weighted by Crippen LogP contribution is 2.32. The normalized spacial score (nSPS) is 12.5. The molecule has 0 aromatic heterocycles. The van der Waals surface area contributed by atoms with Gasteiger partial charge < -0.3 is 0 Å². The van der Waals surface area contributed by atoms with Crippen molar-refractivity contribution in [2.75, 3.05) is 0 Å². The summed E-state index contributed by atoms with van der Waals surface area (Å²) in [7, 11) is 0. The molecule has 0 aliphatic heterocycles. The molecule has 0 spiro atoms. The van der Waals surface area contributed by atoms with Gasteiger partial charge >= 0.3 is 0 Å². The zero-order valence-electron chi connectivity index (χ0n) is 10.3. The van der Waals surface area contributed by atoms with Gasteiger partial charge in [0.05, 0.1) is 10.5 Å². The van der Waals surface area contributed by atoms with Crippen LogP contribution in [0, 0.1) is 12.7 Å². The first-order chi connectivity index (χ1) is 9.04. The van der Waals surface area contributed by atoms with E-state index in [-0.39, 0.29) is 5.82 Å². The quantitative estimate of drug-likeness (QED) is 0.611. The minimum Gasteiger partial charge on any atom is -0.271 e. The minimum atomic E-state index is -0.410. The maximum Gasteiger partial charge on any atom is 0.142 e. The van der Waals surface area contributed by atoms with Crippen LogP contribution in [0.15, 0.2) is 45.3 Å². The van der Waals surface area contributed by atoms with Crippen LogP contribution < -0.4 is 11.3 Å². The zero-order chi connectivity index (χ0) is 14.0. The Bertz CT molecular complexity index is 600. The molecule has 0 saturated carbocycles. The second-order valence-electron chi connectivity index (χ2n) is 4.27. The number of rotatable bonds is 3. The fourth-order valence-electron chi connectivity index (χ4n) is 1.97. The van der Waals surface area contributed by atoms with E-state index in [0.29, 0.717) is 10.0 Å². The summed E-state index contributed by atoms with van der Waals surface area (Å²) in [6.45, 7) is 1.99. The SMILES string of the molecule is Cc1ccc(Br)c(C(NN)c2cccc(Br)c2F)c1. The molecule has 0 bridgehead atoms. The van der Waals surface area contributed by atoms with Crippen LogP contribution in [-0.4, -0.2) is 0 Å². The summed E-state index contributed by atoms with van der Waals surface area (Å²) >= 11 is 6.68. The fraction of sp³-hybridized carbons (Fsp3) is 0.143. The van der Waals surface area contributed by atoms with Gasteiger partial charge in [-0.05, 0) is 40.5 Å². The summed E-state index contributed by atoms with van der Waals surface area (Å²) in [5.74, 6) is 5.32. The Kier molecular flexibility index (Phi) is 4.73. The van der Waals surface area contributed by atoms with Crippen molar-refractivity contribution in [3.63, 3.8) is 0 Å². The average molecular weight is 388 g/mol. The van der Waals surface area contributed by atoms with Crippen LogP contribution in [0.5, 0.6) is 0 Å². The third-order valence-electron chi connectivity index (χ3n) is 2.92. The largest absolute Gasteiger partial charge is 0.271 e. The lowest BCUT2D eigenvalue weighted by Gasteiger charge is -2.20. The van der Waals surface area contributed by atoms with E-state index < -0.39 is 6.04 Å². The van der Waals surface area contributed by atoms with Gasteiger partial charge in [0.15, 0.2) is 0 Å². The van der Waals surface area contributed by atoms with E-state index >= 15 is 0 Å². The predicted octanol–water partition coefficient (Wildman–Crippen LogP) is 4.21. The second-order valence-corrected chi connectivity index (χ2v) is 5.98. The Hall–Kier alpha value is -0.750. The lowest BCUT2D eigenvalue weighted by Crippen LogP contribution is -2.30. The second kappa shape index (κ2) is 6.13. The van der Waals surface area contributed by atoms with E-state index in [4.69, 9.17) is 5.84 Å². The summed E-state index contributed by atoms with van der Waals surface area (Å²) in [5.41, 5.74) is 5.18. The molecule has 0 amide bonds. The van der Waals surface area contributed by atoms with Crippen molar-refractivity contribution >= 4 is 31.9 Å². The summed E-state index contributed by atoms with van der Waals surface area (Å²) in [4.78, 5) is 0. The van der Waals surface area contributed by atoms with Gasteiger partial charge in [0.25, 0.3) is 0 Å². The molecule has 2 nitrogen and oxygen atoms in total. The van der Waals surface area contributed by atoms with Crippen molar-refractivity contribution in [2.45, 2.75) is 13.0 Å². The number of nitrogens with one attached hydrogen (secondary N) is 1. The average Bonchev–Trinajstić information content (AvgIpc) is 2.39. The van der Waals surface area contributed by atoms with Crippen molar-refractivity contribution in [3.05, 3.63) is 67.9 Å². The van der Waals surface area contributed by atoms with Gasteiger partial charge in [0, 0.05) is 10.0 Å². The standard InChI is InChI=1S/C14H13Br2FN2/c1-8-5-6-11(15)10(7-8)14(19-18)9-3-2-4-12(16)13(9)17/h2-7,14,19H,18H2,1H3. The van der Waals surface area contributed by atoms with Crippen LogP contribution in [-0.2, 0) is 0 Å². The van der Waals surface area contributed by atoms with E-state index in [0.717, 1.165) is 15.6 Å². The topological polar surface area (TPSA) is 38.0 Å². The van der Waals surface area contributed by atoms with Crippen LogP contribution in [0.4, 0.5) is 4.39 Å². The van der Waals surface area contributed by atoms with Crippen LogP contribution >= 0.6 is 31.9 Å². The highest BCUT2D eigenvalue weighted by molar-refractivity contribution is 9.10. The van der Waals surface area contributed by atoms with E-state index in [1.165, 1.54) is 0 Å². The molecular formula is C14H13Br2FN2. The molecule has 100 valence electrons. The molecule has 0 saturated heterocycles. The van der Waals surface area contributed by atoms with Gasteiger partial charge in [-0.2, -0.15) is 0 Å². The number of benzene rings is 2. The molecule has 0 fully saturated rings. The molecule has 3 N–H and O–H groups in total. The van der Waals surface area contributed by atoms with Gasteiger partial charge in [-0.15, -0.1) is 0 Å². The number of nitrogens with two attached hydrogens (primary N) is 1. The highest BCUT2D eigenvalue weighted by atomic mass is 79.9. The minimum absolute atomic E-state index is 0.307. The lowest BCUT2D eigenvalue weighted by molar-refractivity contribution is 0.555. The lowest BCUT2D eigenvalue weighted by atomic mass is 9.97. The molecule has 5 heteroatoms. The monoisotopic (exact) mass is 386 g/mol. The summed E-state index contributed by atoms with van der Waals surface area (Å²) in [6.07, 6.45) is 0. The number of hydrogen-bond donors (Lipinski definition) is 2. The smallest absolute Gasteiger partial charge is 0.142 e. The third kappa shape index (κ3) is 3.05. The molecular weight excluding hydrogens is 375 g/mol.